The van der Waals surface area contributed by atoms with Crippen molar-refractivity contribution in [2.75, 3.05) is 19.6 Å². The molecule has 1 atom stereocenters. The maximum Gasteiger partial charge on any atom is 0.0710 e. The average Bonchev–Trinajstić information content (AvgIpc) is 3.01. The van der Waals surface area contributed by atoms with Crippen LogP contribution in [0.1, 0.15) is 57.8 Å². The second-order valence-electron chi connectivity index (χ2n) is 6.54. The van der Waals surface area contributed by atoms with Gasteiger partial charge in [0.2, 0.25) is 0 Å². The van der Waals surface area contributed by atoms with Crippen molar-refractivity contribution in [2.24, 2.45) is 5.73 Å². The maximum atomic E-state index is 6.43. The first-order valence-corrected chi connectivity index (χ1v) is 7.93. The first kappa shape index (κ1) is 12.9. The fourth-order valence-electron chi connectivity index (χ4n) is 3.83. The molecule has 3 heteroatoms. The van der Waals surface area contributed by atoms with Gasteiger partial charge < -0.3 is 10.5 Å². The Morgan fingerprint density at radius 3 is 2.56 bits per heavy atom. The minimum absolute atomic E-state index is 0.299. The second-order valence-corrected chi connectivity index (χ2v) is 6.54. The summed E-state index contributed by atoms with van der Waals surface area (Å²) in [4.78, 5) is 2.64. The predicted octanol–water partition coefficient (Wildman–Crippen LogP) is 2.29. The molecule has 0 bridgehead atoms. The summed E-state index contributed by atoms with van der Waals surface area (Å²) in [5, 5.41) is 0. The fraction of sp³-hybridized carbons (Fsp3) is 1.00. The van der Waals surface area contributed by atoms with Crippen LogP contribution in [0.25, 0.3) is 0 Å². The van der Waals surface area contributed by atoms with Crippen molar-refractivity contribution in [1.29, 1.82) is 0 Å². The van der Waals surface area contributed by atoms with Crippen LogP contribution in [0, 0.1) is 0 Å². The van der Waals surface area contributed by atoms with Crippen molar-refractivity contribution in [2.45, 2.75) is 75.5 Å². The Morgan fingerprint density at radius 2 is 1.89 bits per heavy atom. The summed E-state index contributed by atoms with van der Waals surface area (Å²) < 4.78 is 6.43. The van der Waals surface area contributed by atoms with Crippen LogP contribution in [0.15, 0.2) is 0 Å². The minimum Gasteiger partial charge on any atom is -0.370 e. The van der Waals surface area contributed by atoms with E-state index >= 15 is 0 Å². The molecule has 1 heterocycles. The third kappa shape index (κ3) is 2.89. The summed E-state index contributed by atoms with van der Waals surface area (Å²) in [6, 6.07) is 0.847. The van der Waals surface area contributed by atoms with Crippen LogP contribution in [0.5, 0.6) is 0 Å². The number of ether oxygens (including phenoxy) is 1. The molecule has 104 valence electrons. The molecule has 2 N–H and O–H groups in total. The van der Waals surface area contributed by atoms with Gasteiger partial charge in [-0.25, -0.2) is 0 Å². The number of nitrogens with zero attached hydrogens (tertiary/aromatic N) is 1. The van der Waals surface area contributed by atoms with Gasteiger partial charge in [-0.2, -0.15) is 0 Å². The summed E-state index contributed by atoms with van der Waals surface area (Å²) in [5.41, 5.74) is 5.94. The molecule has 3 rings (SSSR count). The third-order valence-corrected chi connectivity index (χ3v) is 5.00. The van der Waals surface area contributed by atoms with E-state index in [9.17, 15) is 0 Å². The zero-order valence-corrected chi connectivity index (χ0v) is 11.6. The molecule has 0 aromatic rings. The topological polar surface area (TPSA) is 38.5 Å². The summed E-state index contributed by atoms with van der Waals surface area (Å²) in [7, 11) is 0. The van der Waals surface area contributed by atoms with Crippen LogP contribution in [0.3, 0.4) is 0 Å². The Morgan fingerprint density at radius 1 is 1.11 bits per heavy atom. The van der Waals surface area contributed by atoms with Gasteiger partial charge in [-0.3, -0.25) is 4.90 Å². The Hall–Kier alpha value is -0.120. The Labute approximate surface area is 111 Å². The Kier molecular flexibility index (Phi) is 3.92. The van der Waals surface area contributed by atoms with Crippen molar-refractivity contribution < 1.29 is 4.74 Å². The highest BCUT2D eigenvalue weighted by Gasteiger charge is 2.43. The molecule has 1 saturated heterocycles. The summed E-state index contributed by atoms with van der Waals surface area (Å²) in [5.74, 6) is 0. The smallest absolute Gasteiger partial charge is 0.0710 e. The van der Waals surface area contributed by atoms with E-state index in [1.807, 2.05) is 0 Å². The quantitative estimate of drug-likeness (QED) is 0.788. The van der Waals surface area contributed by atoms with Gasteiger partial charge in [0.05, 0.1) is 11.7 Å². The lowest BCUT2D eigenvalue weighted by atomic mass is 9.98. The second kappa shape index (κ2) is 5.48. The molecule has 3 fully saturated rings. The lowest BCUT2D eigenvalue weighted by molar-refractivity contribution is -0.0481. The number of hydrogen-bond acceptors (Lipinski definition) is 3. The molecule has 2 saturated carbocycles. The van der Waals surface area contributed by atoms with Crippen LogP contribution < -0.4 is 5.73 Å². The van der Waals surface area contributed by atoms with Crippen molar-refractivity contribution >= 4 is 0 Å². The van der Waals surface area contributed by atoms with Gasteiger partial charge in [-0.05, 0) is 58.0 Å². The van der Waals surface area contributed by atoms with Crippen LogP contribution in [0.2, 0.25) is 0 Å². The molecule has 1 unspecified atom stereocenters. The predicted molar refractivity (Wildman–Crippen MR) is 73.6 cm³/mol. The maximum absolute atomic E-state index is 6.43. The Balaban J connectivity index is 1.49. The Bertz CT molecular complexity index is 272. The van der Waals surface area contributed by atoms with Crippen LogP contribution in [-0.2, 0) is 4.74 Å². The van der Waals surface area contributed by atoms with E-state index in [0.29, 0.717) is 11.7 Å². The molecule has 3 nitrogen and oxygen atoms in total. The summed E-state index contributed by atoms with van der Waals surface area (Å²) in [6.45, 7) is 3.15. The van der Waals surface area contributed by atoms with Gasteiger partial charge in [0.15, 0.2) is 0 Å². The van der Waals surface area contributed by atoms with E-state index in [4.69, 9.17) is 10.5 Å². The normalized spacial score (nSPS) is 30.7. The highest BCUT2D eigenvalue weighted by molar-refractivity contribution is 4.95. The highest BCUT2D eigenvalue weighted by atomic mass is 16.5. The monoisotopic (exact) mass is 252 g/mol. The minimum atomic E-state index is 0.299. The third-order valence-electron chi connectivity index (χ3n) is 5.00. The van der Waals surface area contributed by atoms with E-state index in [-0.39, 0.29) is 0 Å². The fourth-order valence-corrected chi connectivity index (χ4v) is 3.83. The van der Waals surface area contributed by atoms with E-state index in [1.165, 1.54) is 57.9 Å². The SMILES string of the molecule is NCCCN(CC1CCC2(CCCC2)O1)C1CC1. The largest absolute Gasteiger partial charge is 0.370 e. The number of hydrogen-bond donors (Lipinski definition) is 1. The van der Waals surface area contributed by atoms with Crippen LogP contribution >= 0.6 is 0 Å². The molecule has 1 aliphatic heterocycles. The molecule has 2 aliphatic carbocycles. The molecule has 0 aromatic carbocycles. The van der Waals surface area contributed by atoms with E-state index in [1.54, 1.807) is 0 Å². The summed E-state index contributed by atoms with van der Waals surface area (Å²) >= 11 is 0. The molecular weight excluding hydrogens is 224 g/mol. The van der Waals surface area contributed by atoms with Gasteiger partial charge in [0.1, 0.15) is 0 Å². The van der Waals surface area contributed by atoms with Gasteiger partial charge >= 0.3 is 0 Å². The molecule has 0 radical (unpaired) electrons. The van der Waals surface area contributed by atoms with Crippen LogP contribution in [0.4, 0.5) is 0 Å². The van der Waals surface area contributed by atoms with Gasteiger partial charge in [-0.1, -0.05) is 12.8 Å². The standard InChI is InChI=1S/C15H28N2O/c16-10-3-11-17(13-4-5-13)12-14-6-9-15(18-14)7-1-2-8-15/h13-14H,1-12,16H2. The van der Waals surface area contributed by atoms with Gasteiger partial charge in [-0.15, -0.1) is 0 Å². The lowest BCUT2D eigenvalue weighted by Gasteiger charge is -2.28. The number of rotatable bonds is 6. The number of nitrogens with two attached hydrogens (primary N) is 1. The first-order chi connectivity index (χ1) is 8.81. The van der Waals surface area contributed by atoms with Crippen molar-refractivity contribution in [1.82, 2.24) is 4.90 Å². The lowest BCUT2D eigenvalue weighted by Crippen LogP contribution is -2.37. The zero-order valence-electron chi connectivity index (χ0n) is 11.6. The van der Waals surface area contributed by atoms with Crippen molar-refractivity contribution in [3.63, 3.8) is 0 Å². The molecule has 3 aliphatic rings. The van der Waals surface area contributed by atoms with Crippen molar-refractivity contribution in [3.05, 3.63) is 0 Å². The van der Waals surface area contributed by atoms with Gasteiger partial charge in [0.25, 0.3) is 0 Å². The molecule has 0 aromatic heterocycles. The van der Waals surface area contributed by atoms with E-state index < -0.39 is 0 Å². The zero-order chi connectivity index (χ0) is 12.4. The molecule has 0 amide bonds. The molecule has 1 spiro atoms. The van der Waals surface area contributed by atoms with Gasteiger partial charge in [0, 0.05) is 12.6 Å². The van der Waals surface area contributed by atoms with E-state index in [0.717, 1.165) is 25.6 Å². The highest BCUT2D eigenvalue weighted by Crippen LogP contribution is 2.43. The van der Waals surface area contributed by atoms with Crippen molar-refractivity contribution in [3.8, 4) is 0 Å². The molecular formula is C15H28N2O. The van der Waals surface area contributed by atoms with E-state index in [2.05, 4.69) is 4.90 Å². The first-order valence-electron chi connectivity index (χ1n) is 7.93. The average molecular weight is 252 g/mol. The summed E-state index contributed by atoms with van der Waals surface area (Å²) in [6.07, 6.45) is 12.4. The van der Waals surface area contributed by atoms with Crippen LogP contribution in [-0.4, -0.2) is 42.3 Å². The molecule has 18 heavy (non-hydrogen) atoms.